The fourth-order valence-electron chi connectivity index (χ4n) is 2.77. The van der Waals surface area contributed by atoms with Crippen LogP contribution >= 0.6 is 0 Å². The molecule has 0 atom stereocenters. The number of nitrogens with one attached hydrogen (secondary N) is 1. The minimum atomic E-state index is -1.49. The highest BCUT2D eigenvalue weighted by Gasteiger charge is 2.24. The standard InChI is InChI=1S/C17H17F3N4O2/c1-26-15-13(19)11(7-12(18)14(15)20)16(25)23-10-8-21-17(22-9-10)24-5-3-2-4-6-24/h7-9H,2-6H2,1H3,(H,23,25). The maximum Gasteiger partial charge on any atom is 0.258 e. The van der Waals surface area contributed by atoms with Crippen molar-refractivity contribution >= 4 is 17.5 Å². The summed E-state index contributed by atoms with van der Waals surface area (Å²) in [6.45, 7) is 1.73. The lowest BCUT2D eigenvalue weighted by Crippen LogP contribution is -2.30. The predicted molar refractivity (Wildman–Crippen MR) is 88.9 cm³/mol. The number of rotatable bonds is 4. The number of amides is 1. The molecule has 1 aliphatic heterocycles. The summed E-state index contributed by atoms with van der Waals surface area (Å²) in [6, 6.07) is 0.478. The van der Waals surface area contributed by atoms with E-state index in [4.69, 9.17) is 0 Å². The van der Waals surface area contributed by atoms with E-state index in [0.29, 0.717) is 12.0 Å². The average molecular weight is 366 g/mol. The molecule has 1 N–H and O–H groups in total. The Balaban J connectivity index is 1.77. The van der Waals surface area contributed by atoms with Crippen molar-refractivity contribution in [3.05, 3.63) is 41.5 Å². The Morgan fingerprint density at radius 3 is 2.38 bits per heavy atom. The van der Waals surface area contributed by atoms with Crippen molar-refractivity contribution < 1.29 is 22.7 Å². The van der Waals surface area contributed by atoms with Crippen molar-refractivity contribution in [1.82, 2.24) is 9.97 Å². The maximum atomic E-state index is 14.1. The Bertz CT molecular complexity index is 809. The van der Waals surface area contributed by atoms with Crippen LogP contribution in [0.4, 0.5) is 24.8 Å². The molecule has 1 aliphatic rings. The van der Waals surface area contributed by atoms with Gasteiger partial charge in [0, 0.05) is 13.1 Å². The molecular weight excluding hydrogens is 349 g/mol. The number of hydrogen-bond donors (Lipinski definition) is 1. The number of piperidine rings is 1. The van der Waals surface area contributed by atoms with Crippen LogP contribution in [0.15, 0.2) is 18.5 Å². The van der Waals surface area contributed by atoms with E-state index in [9.17, 15) is 18.0 Å². The summed E-state index contributed by atoms with van der Waals surface area (Å²) in [5.74, 6) is -5.53. The van der Waals surface area contributed by atoms with E-state index < -0.39 is 34.7 Å². The molecule has 2 aromatic rings. The number of carbonyl (C=O) groups excluding carboxylic acids is 1. The molecule has 1 saturated heterocycles. The van der Waals surface area contributed by atoms with Crippen LogP contribution in [0.25, 0.3) is 0 Å². The van der Waals surface area contributed by atoms with Gasteiger partial charge in [0.25, 0.3) is 5.91 Å². The highest BCUT2D eigenvalue weighted by molar-refractivity contribution is 6.04. The number of methoxy groups -OCH3 is 1. The maximum absolute atomic E-state index is 14.1. The van der Waals surface area contributed by atoms with Gasteiger partial charge >= 0.3 is 0 Å². The molecule has 1 amide bonds. The predicted octanol–water partition coefficient (Wildman–Crippen LogP) is 3.15. The van der Waals surface area contributed by atoms with Gasteiger partial charge in [-0.2, -0.15) is 4.39 Å². The smallest absolute Gasteiger partial charge is 0.258 e. The molecule has 0 bridgehead atoms. The molecule has 0 spiro atoms. The lowest BCUT2D eigenvalue weighted by molar-refractivity contribution is 0.102. The normalized spacial score (nSPS) is 14.2. The lowest BCUT2D eigenvalue weighted by atomic mass is 10.1. The van der Waals surface area contributed by atoms with E-state index in [0.717, 1.165) is 33.0 Å². The van der Waals surface area contributed by atoms with E-state index in [1.807, 2.05) is 4.90 Å². The second-order valence-corrected chi connectivity index (χ2v) is 5.84. The van der Waals surface area contributed by atoms with Crippen LogP contribution in [-0.2, 0) is 0 Å². The fourth-order valence-corrected chi connectivity index (χ4v) is 2.77. The zero-order chi connectivity index (χ0) is 18.7. The van der Waals surface area contributed by atoms with E-state index in [1.165, 1.54) is 18.8 Å². The largest absolute Gasteiger partial charge is 0.491 e. The van der Waals surface area contributed by atoms with Crippen LogP contribution in [0, 0.1) is 17.5 Å². The Morgan fingerprint density at radius 1 is 1.12 bits per heavy atom. The summed E-state index contributed by atoms with van der Waals surface area (Å²) in [6.07, 6.45) is 6.07. The van der Waals surface area contributed by atoms with Gasteiger partial charge < -0.3 is 15.0 Å². The number of ether oxygens (including phenoxy) is 1. The van der Waals surface area contributed by atoms with Crippen LogP contribution in [-0.4, -0.2) is 36.1 Å². The van der Waals surface area contributed by atoms with Gasteiger partial charge in [0.2, 0.25) is 11.8 Å². The van der Waals surface area contributed by atoms with Crippen LogP contribution in [0.5, 0.6) is 5.75 Å². The first-order valence-electron chi connectivity index (χ1n) is 8.11. The molecular formula is C17H17F3N4O2. The summed E-state index contributed by atoms with van der Waals surface area (Å²) in [7, 11) is 0.982. The van der Waals surface area contributed by atoms with Gasteiger partial charge in [0.1, 0.15) is 0 Å². The summed E-state index contributed by atoms with van der Waals surface area (Å²) in [5, 5.41) is 2.36. The van der Waals surface area contributed by atoms with E-state index in [1.54, 1.807) is 0 Å². The van der Waals surface area contributed by atoms with Crippen molar-refractivity contribution in [2.24, 2.45) is 0 Å². The molecule has 0 radical (unpaired) electrons. The molecule has 1 aromatic heterocycles. The van der Waals surface area contributed by atoms with Crippen molar-refractivity contribution in [3.8, 4) is 5.75 Å². The first-order chi connectivity index (χ1) is 12.5. The van der Waals surface area contributed by atoms with Crippen LogP contribution in [0.3, 0.4) is 0 Å². The zero-order valence-corrected chi connectivity index (χ0v) is 14.1. The molecule has 1 aromatic carbocycles. The average Bonchev–Trinajstić information content (AvgIpc) is 2.66. The summed E-state index contributed by atoms with van der Waals surface area (Å²) >= 11 is 0. The second kappa shape index (κ2) is 7.59. The van der Waals surface area contributed by atoms with Crippen LogP contribution < -0.4 is 15.0 Å². The summed E-state index contributed by atoms with van der Waals surface area (Å²) < 4.78 is 45.6. The number of carbonyl (C=O) groups is 1. The van der Waals surface area contributed by atoms with Crippen LogP contribution in [0.1, 0.15) is 29.6 Å². The summed E-state index contributed by atoms with van der Waals surface area (Å²) in [5.41, 5.74) is -0.472. The number of hydrogen-bond acceptors (Lipinski definition) is 5. The minimum Gasteiger partial charge on any atom is -0.491 e. The third-order valence-electron chi connectivity index (χ3n) is 4.10. The number of aromatic nitrogens is 2. The molecule has 9 heteroatoms. The van der Waals surface area contributed by atoms with Crippen LogP contribution in [0.2, 0.25) is 0 Å². The molecule has 138 valence electrons. The van der Waals surface area contributed by atoms with Crippen molar-refractivity contribution in [2.75, 3.05) is 30.4 Å². The quantitative estimate of drug-likeness (QED) is 0.842. The number of halogens is 3. The lowest BCUT2D eigenvalue weighted by Gasteiger charge is -2.26. The van der Waals surface area contributed by atoms with Gasteiger partial charge in [-0.1, -0.05) is 0 Å². The topological polar surface area (TPSA) is 67.3 Å². The van der Waals surface area contributed by atoms with Gasteiger partial charge in [-0.05, 0) is 25.3 Å². The van der Waals surface area contributed by atoms with E-state index >= 15 is 0 Å². The van der Waals surface area contributed by atoms with Crippen molar-refractivity contribution in [3.63, 3.8) is 0 Å². The number of anilines is 2. The molecule has 6 nitrogen and oxygen atoms in total. The van der Waals surface area contributed by atoms with Gasteiger partial charge in [0.15, 0.2) is 17.4 Å². The Hall–Kier alpha value is -2.84. The second-order valence-electron chi connectivity index (χ2n) is 5.84. The molecule has 0 saturated carbocycles. The molecule has 26 heavy (non-hydrogen) atoms. The molecule has 0 aliphatic carbocycles. The Morgan fingerprint density at radius 2 is 1.77 bits per heavy atom. The fraction of sp³-hybridized carbons (Fsp3) is 0.353. The van der Waals surface area contributed by atoms with Gasteiger partial charge in [-0.15, -0.1) is 0 Å². The molecule has 2 heterocycles. The highest BCUT2D eigenvalue weighted by atomic mass is 19.2. The number of benzene rings is 1. The van der Waals surface area contributed by atoms with Gasteiger partial charge in [0.05, 0.1) is 30.8 Å². The van der Waals surface area contributed by atoms with Crippen molar-refractivity contribution in [2.45, 2.75) is 19.3 Å². The summed E-state index contributed by atoms with van der Waals surface area (Å²) in [4.78, 5) is 22.6. The van der Waals surface area contributed by atoms with Crippen molar-refractivity contribution in [1.29, 1.82) is 0 Å². The Kier molecular flexibility index (Phi) is 5.24. The van der Waals surface area contributed by atoms with Gasteiger partial charge in [-0.25, -0.2) is 18.7 Å². The monoisotopic (exact) mass is 366 g/mol. The molecule has 3 rings (SSSR count). The SMILES string of the molecule is COc1c(F)c(F)cc(C(=O)Nc2cnc(N3CCCCC3)nc2)c1F. The Labute approximate surface area is 148 Å². The molecule has 0 unspecified atom stereocenters. The number of nitrogens with zero attached hydrogens (tertiary/aromatic N) is 3. The minimum absolute atomic E-state index is 0.207. The van der Waals surface area contributed by atoms with E-state index in [-0.39, 0.29) is 5.69 Å². The zero-order valence-electron chi connectivity index (χ0n) is 14.1. The third kappa shape index (κ3) is 3.56. The highest BCUT2D eigenvalue weighted by Crippen LogP contribution is 2.27. The third-order valence-corrected chi connectivity index (χ3v) is 4.10. The first kappa shape index (κ1) is 18.0. The van der Waals surface area contributed by atoms with Gasteiger partial charge in [-0.3, -0.25) is 4.79 Å². The molecule has 1 fully saturated rings. The van der Waals surface area contributed by atoms with E-state index in [2.05, 4.69) is 20.0 Å². The first-order valence-corrected chi connectivity index (χ1v) is 8.11.